The van der Waals surface area contributed by atoms with E-state index in [1.807, 2.05) is 6.92 Å². The maximum atomic E-state index is 5.53. The van der Waals surface area contributed by atoms with Crippen molar-refractivity contribution >= 4 is 29.9 Å². The van der Waals surface area contributed by atoms with E-state index < -0.39 is 5.79 Å². The molecule has 0 aromatic carbocycles. The van der Waals surface area contributed by atoms with Crippen molar-refractivity contribution in [2.45, 2.75) is 38.0 Å². The van der Waals surface area contributed by atoms with Crippen LogP contribution in [-0.4, -0.2) is 44.6 Å². The molecule has 0 spiro atoms. The van der Waals surface area contributed by atoms with Gasteiger partial charge in [-0.2, -0.15) is 0 Å². The summed E-state index contributed by atoms with van der Waals surface area (Å²) in [6, 6.07) is 0.626. The molecule has 1 aliphatic carbocycles. The second-order valence-corrected chi connectivity index (χ2v) is 4.50. The van der Waals surface area contributed by atoms with Crippen LogP contribution in [0.25, 0.3) is 0 Å². The zero-order valence-corrected chi connectivity index (χ0v) is 12.8. The molecule has 6 heteroatoms. The van der Waals surface area contributed by atoms with Crippen molar-refractivity contribution in [3.05, 3.63) is 0 Å². The molecule has 5 nitrogen and oxygen atoms in total. The molecule has 1 saturated heterocycles. The van der Waals surface area contributed by atoms with E-state index in [9.17, 15) is 0 Å². The van der Waals surface area contributed by atoms with Crippen molar-refractivity contribution in [1.82, 2.24) is 10.6 Å². The highest BCUT2D eigenvalue weighted by molar-refractivity contribution is 14.0. The fourth-order valence-electron chi connectivity index (χ4n) is 1.72. The van der Waals surface area contributed by atoms with Gasteiger partial charge in [-0.25, -0.2) is 0 Å². The number of ether oxygens (including phenoxy) is 2. The van der Waals surface area contributed by atoms with Gasteiger partial charge in [0.1, 0.15) is 0 Å². The lowest BCUT2D eigenvalue weighted by molar-refractivity contribution is -0.145. The largest absolute Gasteiger partial charge is 0.356 e. The molecule has 1 heterocycles. The first-order valence-electron chi connectivity index (χ1n) is 5.97. The molecule has 0 aromatic heterocycles. The first-order chi connectivity index (χ1) is 7.72. The van der Waals surface area contributed by atoms with E-state index in [0.29, 0.717) is 19.3 Å². The molecule has 100 valence electrons. The van der Waals surface area contributed by atoms with Crippen LogP contribution in [0, 0.1) is 0 Å². The molecule has 0 amide bonds. The van der Waals surface area contributed by atoms with E-state index in [4.69, 9.17) is 9.47 Å². The van der Waals surface area contributed by atoms with E-state index >= 15 is 0 Å². The Morgan fingerprint density at radius 1 is 1.35 bits per heavy atom. The zero-order valence-electron chi connectivity index (χ0n) is 10.5. The molecule has 2 rings (SSSR count). The molecule has 0 aromatic rings. The fraction of sp³-hybridized carbons (Fsp3) is 0.909. The Hall–Kier alpha value is -0.0800. The fourth-order valence-corrected chi connectivity index (χ4v) is 1.72. The summed E-state index contributed by atoms with van der Waals surface area (Å²) in [4.78, 5) is 4.17. The Morgan fingerprint density at radius 3 is 2.53 bits per heavy atom. The second kappa shape index (κ2) is 6.75. The maximum absolute atomic E-state index is 5.53. The van der Waals surface area contributed by atoms with Crippen molar-refractivity contribution in [2.75, 3.05) is 26.8 Å². The van der Waals surface area contributed by atoms with Crippen LogP contribution in [-0.2, 0) is 9.47 Å². The van der Waals surface area contributed by atoms with E-state index in [2.05, 4.69) is 15.6 Å². The molecule has 17 heavy (non-hydrogen) atoms. The van der Waals surface area contributed by atoms with Gasteiger partial charge >= 0.3 is 0 Å². The minimum Gasteiger partial charge on any atom is -0.356 e. The van der Waals surface area contributed by atoms with Crippen molar-refractivity contribution in [1.29, 1.82) is 0 Å². The summed E-state index contributed by atoms with van der Waals surface area (Å²) in [7, 11) is 1.79. The topological polar surface area (TPSA) is 54.9 Å². The number of hydrogen-bond donors (Lipinski definition) is 2. The Morgan fingerprint density at radius 2 is 2.00 bits per heavy atom. The van der Waals surface area contributed by atoms with Crippen LogP contribution in [0.2, 0.25) is 0 Å². The monoisotopic (exact) mass is 355 g/mol. The minimum absolute atomic E-state index is 0. The summed E-state index contributed by atoms with van der Waals surface area (Å²) >= 11 is 0. The van der Waals surface area contributed by atoms with E-state index in [1.54, 1.807) is 7.05 Å². The highest BCUT2D eigenvalue weighted by Gasteiger charge is 2.30. The van der Waals surface area contributed by atoms with Crippen LogP contribution in [0.4, 0.5) is 0 Å². The van der Waals surface area contributed by atoms with E-state index in [1.165, 1.54) is 12.8 Å². The van der Waals surface area contributed by atoms with E-state index in [-0.39, 0.29) is 24.0 Å². The number of rotatable bonds is 4. The lowest BCUT2D eigenvalue weighted by atomic mass is 10.2. The number of nitrogens with zero attached hydrogens (tertiary/aromatic N) is 1. The predicted molar refractivity (Wildman–Crippen MR) is 77.9 cm³/mol. The first kappa shape index (κ1) is 15.0. The Bertz CT molecular complexity index is 263. The van der Waals surface area contributed by atoms with Gasteiger partial charge in [-0.05, 0) is 19.8 Å². The molecule has 2 N–H and O–H groups in total. The van der Waals surface area contributed by atoms with Crippen LogP contribution in [0.1, 0.15) is 26.2 Å². The Kier molecular flexibility index (Phi) is 5.94. The molecule has 2 aliphatic rings. The van der Waals surface area contributed by atoms with Crippen molar-refractivity contribution in [3.8, 4) is 0 Å². The SMILES string of the molecule is CN=C(NCCC1(C)OCCO1)NC1CC1.I. The normalized spacial score (nSPS) is 23.1. The number of halogens is 1. The summed E-state index contributed by atoms with van der Waals surface area (Å²) in [6.07, 6.45) is 3.34. The number of aliphatic imine (C=N–C) groups is 1. The zero-order chi connectivity index (χ0) is 11.4. The molecular weight excluding hydrogens is 333 g/mol. The third-order valence-electron chi connectivity index (χ3n) is 2.91. The Labute approximate surface area is 120 Å². The van der Waals surface area contributed by atoms with Crippen LogP contribution in [0.15, 0.2) is 4.99 Å². The predicted octanol–water partition coefficient (Wildman–Crippen LogP) is 1.08. The van der Waals surface area contributed by atoms with Gasteiger partial charge in [-0.1, -0.05) is 0 Å². The van der Waals surface area contributed by atoms with Crippen LogP contribution < -0.4 is 10.6 Å². The molecule has 0 atom stereocenters. The maximum Gasteiger partial charge on any atom is 0.191 e. The van der Waals surface area contributed by atoms with Gasteiger partial charge in [0.15, 0.2) is 11.7 Å². The van der Waals surface area contributed by atoms with Gasteiger partial charge in [0, 0.05) is 26.1 Å². The first-order valence-corrected chi connectivity index (χ1v) is 5.97. The lowest BCUT2D eigenvalue weighted by Crippen LogP contribution is -2.41. The van der Waals surface area contributed by atoms with Gasteiger partial charge in [-0.15, -0.1) is 24.0 Å². The average molecular weight is 355 g/mol. The highest BCUT2D eigenvalue weighted by Crippen LogP contribution is 2.21. The highest BCUT2D eigenvalue weighted by atomic mass is 127. The number of nitrogens with one attached hydrogen (secondary N) is 2. The average Bonchev–Trinajstić information content (AvgIpc) is 2.99. The molecule has 0 radical (unpaired) electrons. The quantitative estimate of drug-likeness (QED) is 0.450. The summed E-state index contributed by atoms with van der Waals surface area (Å²) in [5.74, 6) is 0.468. The van der Waals surface area contributed by atoms with Crippen LogP contribution >= 0.6 is 24.0 Å². The van der Waals surface area contributed by atoms with Gasteiger partial charge in [0.25, 0.3) is 0 Å². The Balaban J connectivity index is 0.00000144. The lowest BCUT2D eigenvalue weighted by Gasteiger charge is -2.22. The number of guanidine groups is 1. The third kappa shape index (κ3) is 4.97. The van der Waals surface area contributed by atoms with Gasteiger partial charge in [-0.3, -0.25) is 4.99 Å². The van der Waals surface area contributed by atoms with E-state index in [0.717, 1.165) is 18.9 Å². The summed E-state index contributed by atoms with van der Waals surface area (Å²) in [5, 5.41) is 6.61. The third-order valence-corrected chi connectivity index (χ3v) is 2.91. The van der Waals surface area contributed by atoms with Crippen LogP contribution in [0.5, 0.6) is 0 Å². The van der Waals surface area contributed by atoms with Crippen LogP contribution in [0.3, 0.4) is 0 Å². The smallest absolute Gasteiger partial charge is 0.191 e. The summed E-state index contributed by atoms with van der Waals surface area (Å²) < 4.78 is 11.1. The second-order valence-electron chi connectivity index (χ2n) is 4.50. The van der Waals surface area contributed by atoms with Gasteiger partial charge < -0.3 is 20.1 Å². The molecule has 2 fully saturated rings. The van der Waals surface area contributed by atoms with Gasteiger partial charge in [0.2, 0.25) is 0 Å². The van der Waals surface area contributed by atoms with Crippen molar-refractivity contribution in [2.24, 2.45) is 4.99 Å². The molecule has 0 bridgehead atoms. The molecular formula is C11H22IN3O2. The molecule has 1 saturated carbocycles. The standard InChI is InChI=1S/C11H21N3O2.HI/c1-11(15-7-8-16-11)5-6-13-10(12-2)14-9-3-4-9;/h9H,3-8H2,1-2H3,(H2,12,13,14);1H. The van der Waals surface area contributed by atoms with Crippen molar-refractivity contribution in [3.63, 3.8) is 0 Å². The summed E-state index contributed by atoms with van der Waals surface area (Å²) in [5.41, 5.74) is 0. The summed E-state index contributed by atoms with van der Waals surface area (Å²) in [6.45, 7) is 4.19. The minimum atomic E-state index is -0.411. The number of hydrogen-bond acceptors (Lipinski definition) is 3. The molecule has 0 unspecified atom stereocenters. The van der Waals surface area contributed by atoms with Crippen molar-refractivity contribution < 1.29 is 9.47 Å². The molecule has 1 aliphatic heterocycles. The van der Waals surface area contributed by atoms with Gasteiger partial charge in [0.05, 0.1) is 13.2 Å².